The van der Waals surface area contributed by atoms with Gasteiger partial charge in [0.1, 0.15) is 11.8 Å². The van der Waals surface area contributed by atoms with Crippen LogP contribution in [0, 0.1) is 11.3 Å². The van der Waals surface area contributed by atoms with Crippen molar-refractivity contribution in [3.8, 4) is 11.8 Å². The summed E-state index contributed by atoms with van der Waals surface area (Å²) in [4.78, 5) is 0. The van der Waals surface area contributed by atoms with Crippen LogP contribution in [0.3, 0.4) is 0 Å². The minimum Gasteiger partial charge on any atom is -0.505 e. The van der Waals surface area contributed by atoms with Crippen LogP contribution in [0.2, 0.25) is 10.0 Å². The van der Waals surface area contributed by atoms with E-state index >= 15 is 0 Å². The molecule has 0 radical (unpaired) electrons. The van der Waals surface area contributed by atoms with E-state index < -0.39 is 0 Å². The molecule has 0 aliphatic heterocycles. The molecule has 0 saturated heterocycles. The van der Waals surface area contributed by atoms with Crippen LogP contribution in [0.4, 0.5) is 5.69 Å². The van der Waals surface area contributed by atoms with Crippen molar-refractivity contribution in [1.82, 2.24) is 0 Å². The number of nitriles is 1. The second-order valence-electron chi connectivity index (χ2n) is 3.52. The van der Waals surface area contributed by atoms with Crippen molar-refractivity contribution < 1.29 is 9.52 Å². The number of hydrogen-bond acceptors (Lipinski definition) is 4. The fourth-order valence-corrected chi connectivity index (χ4v) is 1.88. The van der Waals surface area contributed by atoms with Crippen LogP contribution >= 0.6 is 23.2 Å². The highest BCUT2D eigenvalue weighted by Gasteiger charge is 2.07. The molecule has 18 heavy (non-hydrogen) atoms. The molecule has 0 saturated carbocycles. The van der Waals surface area contributed by atoms with E-state index in [1.807, 2.05) is 6.07 Å². The molecule has 0 aliphatic carbocycles. The van der Waals surface area contributed by atoms with Gasteiger partial charge in [-0.1, -0.05) is 23.2 Å². The average molecular weight is 283 g/mol. The average Bonchev–Trinajstić information content (AvgIpc) is 2.81. The molecular weight excluding hydrogens is 275 g/mol. The van der Waals surface area contributed by atoms with Gasteiger partial charge >= 0.3 is 0 Å². The molecule has 1 aromatic heterocycles. The Morgan fingerprint density at radius 3 is 2.50 bits per heavy atom. The molecule has 1 heterocycles. The third-order valence-corrected chi connectivity index (χ3v) is 2.83. The molecule has 0 bridgehead atoms. The molecule has 4 nitrogen and oxygen atoms in total. The molecule has 2 rings (SSSR count). The number of phenolic OH excluding ortho intramolecular Hbond substituents is 1. The topological polar surface area (TPSA) is 69.2 Å². The summed E-state index contributed by atoms with van der Waals surface area (Å²) >= 11 is 11.6. The van der Waals surface area contributed by atoms with Gasteiger partial charge in [-0.05, 0) is 24.3 Å². The SMILES string of the molecule is N#Cc1ccc(CNc2cc(Cl)c(O)c(Cl)c2)o1. The van der Waals surface area contributed by atoms with Crippen molar-refractivity contribution in [2.24, 2.45) is 0 Å². The third kappa shape index (κ3) is 2.70. The first-order valence-corrected chi connectivity index (χ1v) is 5.76. The molecule has 2 N–H and O–H groups in total. The van der Waals surface area contributed by atoms with Crippen molar-refractivity contribution in [1.29, 1.82) is 5.26 Å². The number of benzene rings is 1. The maximum Gasteiger partial charge on any atom is 0.203 e. The van der Waals surface area contributed by atoms with Gasteiger partial charge in [-0.2, -0.15) is 5.26 Å². The Labute approximate surface area is 113 Å². The summed E-state index contributed by atoms with van der Waals surface area (Å²) in [5.41, 5.74) is 0.651. The van der Waals surface area contributed by atoms with E-state index in [1.165, 1.54) is 0 Å². The van der Waals surface area contributed by atoms with E-state index in [0.717, 1.165) is 0 Å². The maximum absolute atomic E-state index is 9.41. The zero-order valence-corrected chi connectivity index (χ0v) is 10.6. The Balaban J connectivity index is 2.09. The first kappa shape index (κ1) is 12.6. The molecule has 1 aromatic carbocycles. The highest BCUT2D eigenvalue weighted by molar-refractivity contribution is 6.37. The van der Waals surface area contributed by atoms with Crippen LogP contribution in [-0.2, 0) is 6.54 Å². The Bertz CT molecular complexity index is 594. The summed E-state index contributed by atoms with van der Waals surface area (Å²) in [6.07, 6.45) is 0. The smallest absolute Gasteiger partial charge is 0.203 e. The quantitative estimate of drug-likeness (QED) is 0.841. The molecule has 92 valence electrons. The molecule has 0 unspecified atom stereocenters. The van der Waals surface area contributed by atoms with E-state index in [4.69, 9.17) is 32.9 Å². The minimum atomic E-state index is -0.145. The number of nitrogens with zero attached hydrogens (tertiary/aromatic N) is 1. The lowest BCUT2D eigenvalue weighted by molar-refractivity contribution is 0.476. The van der Waals surface area contributed by atoms with E-state index in [0.29, 0.717) is 18.0 Å². The third-order valence-electron chi connectivity index (χ3n) is 2.26. The summed E-state index contributed by atoms with van der Waals surface area (Å²) in [6.45, 7) is 0.388. The van der Waals surface area contributed by atoms with Gasteiger partial charge < -0.3 is 14.8 Å². The van der Waals surface area contributed by atoms with Crippen LogP contribution in [0.15, 0.2) is 28.7 Å². The fraction of sp³-hybridized carbons (Fsp3) is 0.0833. The zero-order chi connectivity index (χ0) is 13.1. The molecular formula is C12H8Cl2N2O2. The van der Waals surface area contributed by atoms with Gasteiger partial charge in [0.2, 0.25) is 5.76 Å². The monoisotopic (exact) mass is 282 g/mol. The van der Waals surface area contributed by atoms with E-state index in [2.05, 4.69) is 5.32 Å². The maximum atomic E-state index is 9.41. The predicted octanol–water partition coefficient (Wildman–Crippen LogP) is 3.78. The largest absolute Gasteiger partial charge is 0.505 e. The van der Waals surface area contributed by atoms with E-state index in [9.17, 15) is 5.11 Å². The molecule has 0 amide bonds. The van der Waals surface area contributed by atoms with E-state index in [-0.39, 0.29) is 21.6 Å². The minimum absolute atomic E-state index is 0.145. The van der Waals surface area contributed by atoms with Gasteiger partial charge in [-0.15, -0.1) is 0 Å². The highest BCUT2D eigenvalue weighted by Crippen LogP contribution is 2.34. The zero-order valence-electron chi connectivity index (χ0n) is 9.08. The van der Waals surface area contributed by atoms with Crippen molar-refractivity contribution in [3.63, 3.8) is 0 Å². The highest BCUT2D eigenvalue weighted by atomic mass is 35.5. The molecule has 0 spiro atoms. The van der Waals surface area contributed by atoms with Gasteiger partial charge in [0, 0.05) is 5.69 Å². The number of aromatic hydroxyl groups is 1. The summed E-state index contributed by atoms with van der Waals surface area (Å²) in [5.74, 6) is 0.731. The Morgan fingerprint density at radius 2 is 1.94 bits per heavy atom. The van der Waals surface area contributed by atoms with Crippen molar-refractivity contribution in [2.75, 3.05) is 5.32 Å². The number of rotatable bonds is 3. The Morgan fingerprint density at radius 1 is 1.28 bits per heavy atom. The van der Waals surface area contributed by atoms with Crippen LogP contribution in [0.1, 0.15) is 11.5 Å². The summed E-state index contributed by atoms with van der Waals surface area (Å²) < 4.78 is 5.20. The Hall–Kier alpha value is -1.83. The van der Waals surface area contributed by atoms with Crippen molar-refractivity contribution in [3.05, 3.63) is 45.8 Å². The van der Waals surface area contributed by atoms with Crippen LogP contribution in [0.25, 0.3) is 0 Å². The first-order valence-electron chi connectivity index (χ1n) is 5.01. The Kier molecular flexibility index (Phi) is 3.66. The fourth-order valence-electron chi connectivity index (χ4n) is 1.39. The summed E-state index contributed by atoms with van der Waals surface area (Å²) in [6, 6.07) is 8.30. The number of hydrogen-bond donors (Lipinski definition) is 2. The van der Waals surface area contributed by atoms with Gasteiger partial charge in [0.05, 0.1) is 16.6 Å². The number of furan rings is 1. The van der Waals surface area contributed by atoms with Gasteiger partial charge in [-0.25, -0.2) is 0 Å². The number of anilines is 1. The number of halogens is 2. The van der Waals surface area contributed by atoms with Gasteiger partial charge in [0.25, 0.3) is 0 Å². The van der Waals surface area contributed by atoms with Gasteiger partial charge in [0.15, 0.2) is 5.75 Å². The van der Waals surface area contributed by atoms with Crippen LogP contribution in [-0.4, -0.2) is 5.11 Å². The summed E-state index contributed by atoms with van der Waals surface area (Å²) in [7, 11) is 0. The number of phenols is 1. The molecule has 6 heteroatoms. The van der Waals surface area contributed by atoms with Crippen LogP contribution < -0.4 is 5.32 Å². The number of nitrogens with one attached hydrogen (secondary N) is 1. The lowest BCUT2D eigenvalue weighted by Gasteiger charge is -2.07. The molecule has 0 atom stereocenters. The van der Waals surface area contributed by atoms with Crippen molar-refractivity contribution in [2.45, 2.75) is 6.54 Å². The molecule has 0 fully saturated rings. The van der Waals surface area contributed by atoms with Crippen molar-refractivity contribution >= 4 is 28.9 Å². The first-order chi connectivity index (χ1) is 8.60. The summed E-state index contributed by atoms with van der Waals surface area (Å²) in [5, 5.41) is 21.4. The lowest BCUT2D eigenvalue weighted by atomic mass is 10.3. The second-order valence-corrected chi connectivity index (χ2v) is 4.33. The lowest BCUT2D eigenvalue weighted by Crippen LogP contribution is -1.98. The molecule has 2 aromatic rings. The second kappa shape index (κ2) is 5.21. The molecule has 0 aliphatic rings. The normalized spacial score (nSPS) is 10.1. The van der Waals surface area contributed by atoms with E-state index in [1.54, 1.807) is 24.3 Å². The standard InChI is InChI=1S/C12H8Cl2N2O2/c13-10-3-7(4-11(14)12(10)17)16-6-9-2-1-8(5-15)18-9/h1-4,16-17H,6H2. The predicted molar refractivity (Wildman–Crippen MR) is 68.9 cm³/mol. The van der Waals surface area contributed by atoms with Crippen LogP contribution in [0.5, 0.6) is 5.75 Å². The van der Waals surface area contributed by atoms with Gasteiger partial charge in [-0.3, -0.25) is 0 Å².